The second-order valence-electron chi connectivity index (χ2n) is 7.30. The smallest absolute Gasteiger partial charge is 0.237 e. The fourth-order valence-electron chi connectivity index (χ4n) is 3.68. The number of piperazine rings is 1. The lowest BCUT2D eigenvalue weighted by molar-refractivity contribution is -0.126. The van der Waals surface area contributed by atoms with E-state index in [4.69, 9.17) is 9.47 Å². The van der Waals surface area contributed by atoms with Crippen LogP contribution in [-0.4, -0.2) is 61.3 Å². The van der Waals surface area contributed by atoms with Gasteiger partial charge in [0.25, 0.3) is 0 Å². The number of carbonyl (C=O) groups excluding carboxylic acids is 1. The molecule has 0 radical (unpaired) electrons. The van der Waals surface area contributed by atoms with Crippen molar-refractivity contribution in [3.8, 4) is 11.5 Å². The van der Waals surface area contributed by atoms with E-state index in [2.05, 4.69) is 38.7 Å². The minimum absolute atomic E-state index is 0.0870. The fourth-order valence-corrected chi connectivity index (χ4v) is 4.39. The summed E-state index contributed by atoms with van der Waals surface area (Å²) in [7, 11) is 0. The van der Waals surface area contributed by atoms with Crippen molar-refractivity contribution in [2.24, 2.45) is 0 Å². The minimum atomic E-state index is -0.0870. The van der Waals surface area contributed by atoms with E-state index in [0.717, 1.165) is 50.6 Å². The van der Waals surface area contributed by atoms with Crippen LogP contribution in [0.25, 0.3) is 0 Å². The van der Waals surface area contributed by atoms with Gasteiger partial charge in [0.2, 0.25) is 12.7 Å². The van der Waals surface area contributed by atoms with E-state index < -0.39 is 0 Å². The van der Waals surface area contributed by atoms with E-state index in [9.17, 15) is 4.79 Å². The van der Waals surface area contributed by atoms with Crippen molar-refractivity contribution in [1.29, 1.82) is 0 Å². The molecule has 1 N–H and O–H groups in total. The zero-order chi connectivity index (χ0) is 19.3. The molecule has 4 rings (SSSR count). The lowest BCUT2D eigenvalue weighted by Gasteiger charge is -2.37. The number of ether oxygens (including phenoxy) is 2. The maximum atomic E-state index is 12.5. The van der Waals surface area contributed by atoms with Crippen molar-refractivity contribution in [2.75, 3.05) is 39.5 Å². The van der Waals surface area contributed by atoms with Crippen LogP contribution in [0.3, 0.4) is 0 Å². The first kappa shape index (κ1) is 19.2. The number of hydrogen-bond donors (Lipinski definition) is 1. The Bertz CT molecular complexity index is 788. The highest BCUT2D eigenvalue weighted by Crippen LogP contribution is 2.32. The zero-order valence-electron chi connectivity index (χ0n) is 16.2. The SMILES string of the molecule is C[C@H](C(=O)NCCc1cccs1)N1CCN(Cc2ccc3c(c2)OCO3)CC1. The molecule has 6 nitrogen and oxygen atoms in total. The summed E-state index contributed by atoms with van der Waals surface area (Å²) in [6.07, 6.45) is 0.902. The van der Waals surface area contributed by atoms with Crippen LogP contribution < -0.4 is 14.8 Å². The van der Waals surface area contributed by atoms with E-state index in [1.807, 2.05) is 19.1 Å². The minimum Gasteiger partial charge on any atom is -0.454 e. The van der Waals surface area contributed by atoms with Crippen LogP contribution in [0.5, 0.6) is 11.5 Å². The molecular formula is C21H27N3O3S. The summed E-state index contributed by atoms with van der Waals surface area (Å²) in [6.45, 7) is 7.65. The summed E-state index contributed by atoms with van der Waals surface area (Å²) < 4.78 is 10.8. The molecule has 0 saturated carbocycles. The maximum absolute atomic E-state index is 12.5. The van der Waals surface area contributed by atoms with Gasteiger partial charge in [0.1, 0.15) is 0 Å². The number of fused-ring (bicyclic) bond motifs is 1. The Kier molecular flexibility index (Phi) is 6.14. The van der Waals surface area contributed by atoms with Gasteiger partial charge in [-0.25, -0.2) is 0 Å². The van der Waals surface area contributed by atoms with Crippen molar-refractivity contribution in [3.63, 3.8) is 0 Å². The molecule has 0 bridgehead atoms. The third kappa shape index (κ3) is 4.66. The van der Waals surface area contributed by atoms with Gasteiger partial charge in [0.15, 0.2) is 11.5 Å². The van der Waals surface area contributed by atoms with E-state index in [1.54, 1.807) is 11.3 Å². The zero-order valence-corrected chi connectivity index (χ0v) is 17.0. The van der Waals surface area contributed by atoms with Crippen LogP contribution in [0.2, 0.25) is 0 Å². The summed E-state index contributed by atoms with van der Waals surface area (Å²) in [5, 5.41) is 5.15. The molecule has 1 atom stereocenters. The third-order valence-electron chi connectivity index (χ3n) is 5.43. The molecular weight excluding hydrogens is 374 g/mol. The summed E-state index contributed by atoms with van der Waals surface area (Å²) in [6, 6.07) is 10.2. The van der Waals surface area contributed by atoms with E-state index in [1.165, 1.54) is 10.4 Å². The highest BCUT2D eigenvalue weighted by molar-refractivity contribution is 7.09. The van der Waals surface area contributed by atoms with Gasteiger partial charge in [-0.3, -0.25) is 14.6 Å². The Morgan fingerprint density at radius 2 is 2.00 bits per heavy atom. The van der Waals surface area contributed by atoms with E-state index in [0.29, 0.717) is 13.3 Å². The van der Waals surface area contributed by atoms with Gasteiger partial charge >= 0.3 is 0 Å². The summed E-state index contributed by atoms with van der Waals surface area (Å²) >= 11 is 1.74. The van der Waals surface area contributed by atoms with Crippen molar-refractivity contribution in [2.45, 2.75) is 25.9 Å². The highest BCUT2D eigenvalue weighted by atomic mass is 32.1. The van der Waals surface area contributed by atoms with Crippen LogP contribution in [0.1, 0.15) is 17.4 Å². The topological polar surface area (TPSA) is 54.0 Å². The Labute approximate surface area is 170 Å². The van der Waals surface area contributed by atoms with Gasteiger partial charge in [-0.05, 0) is 42.5 Å². The van der Waals surface area contributed by atoms with Gasteiger partial charge in [-0.1, -0.05) is 12.1 Å². The average Bonchev–Trinajstić information content (AvgIpc) is 3.39. The van der Waals surface area contributed by atoms with Crippen LogP contribution >= 0.6 is 11.3 Å². The molecule has 1 fully saturated rings. The molecule has 1 aromatic carbocycles. The van der Waals surface area contributed by atoms with Crippen LogP contribution in [0.15, 0.2) is 35.7 Å². The number of thiophene rings is 1. The van der Waals surface area contributed by atoms with Gasteiger partial charge in [-0.15, -0.1) is 11.3 Å². The standard InChI is InChI=1S/C21H27N3O3S/c1-16(21(25)22-7-6-18-3-2-12-28-18)24-10-8-23(9-11-24)14-17-4-5-19-20(13-17)27-15-26-19/h2-5,12-13,16H,6-11,14-15H2,1H3,(H,22,25)/t16-/m1/s1. The lowest BCUT2D eigenvalue weighted by atomic mass is 10.1. The molecule has 7 heteroatoms. The molecule has 150 valence electrons. The third-order valence-corrected chi connectivity index (χ3v) is 6.36. The second kappa shape index (κ2) is 8.94. The molecule has 0 aliphatic carbocycles. The number of nitrogens with zero attached hydrogens (tertiary/aromatic N) is 2. The number of rotatable bonds is 7. The summed E-state index contributed by atoms with van der Waals surface area (Å²) in [5.41, 5.74) is 1.23. The monoisotopic (exact) mass is 401 g/mol. The number of amides is 1. The Morgan fingerprint density at radius 3 is 2.79 bits per heavy atom. The van der Waals surface area contributed by atoms with Crippen LogP contribution in [-0.2, 0) is 17.8 Å². The molecule has 0 unspecified atom stereocenters. The molecule has 28 heavy (non-hydrogen) atoms. The average molecular weight is 402 g/mol. The van der Waals surface area contributed by atoms with Gasteiger partial charge in [0.05, 0.1) is 6.04 Å². The van der Waals surface area contributed by atoms with Gasteiger partial charge in [-0.2, -0.15) is 0 Å². The summed E-state index contributed by atoms with van der Waals surface area (Å²) in [5.74, 6) is 1.79. The first-order valence-electron chi connectivity index (χ1n) is 9.84. The first-order chi connectivity index (χ1) is 13.7. The molecule has 1 amide bonds. The molecule has 2 aliphatic heterocycles. The number of carbonyl (C=O) groups is 1. The molecule has 0 spiro atoms. The van der Waals surface area contributed by atoms with Gasteiger partial charge < -0.3 is 14.8 Å². The predicted molar refractivity (Wildman–Crippen MR) is 110 cm³/mol. The maximum Gasteiger partial charge on any atom is 0.237 e. The lowest BCUT2D eigenvalue weighted by Crippen LogP contribution is -2.53. The molecule has 3 heterocycles. The highest BCUT2D eigenvalue weighted by Gasteiger charge is 2.25. The number of benzene rings is 1. The second-order valence-corrected chi connectivity index (χ2v) is 8.33. The first-order valence-corrected chi connectivity index (χ1v) is 10.7. The molecule has 2 aromatic rings. The van der Waals surface area contributed by atoms with Gasteiger partial charge in [0, 0.05) is 44.1 Å². The molecule has 2 aliphatic rings. The summed E-state index contributed by atoms with van der Waals surface area (Å²) in [4.78, 5) is 18.5. The van der Waals surface area contributed by atoms with Crippen molar-refractivity contribution in [1.82, 2.24) is 15.1 Å². The van der Waals surface area contributed by atoms with Crippen molar-refractivity contribution < 1.29 is 14.3 Å². The Balaban J connectivity index is 1.20. The fraction of sp³-hybridized carbons (Fsp3) is 0.476. The predicted octanol–water partition coefficient (Wildman–Crippen LogP) is 2.34. The number of hydrogen-bond acceptors (Lipinski definition) is 6. The Morgan fingerprint density at radius 1 is 1.18 bits per heavy atom. The van der Waals surface area contributed by atoms with Crippen molar-refractivity contribution >= 4 is 17.2 Å². The van der Waals surface area contributed by atoms with E-state index >= 15 is 0 Å². The molecule has 1 aromatic heterocycles. The van der Waals surface area contributed by atoms with Crippen molar-refractivity contribution in [3.05, 3.63) is 46.2 Å². The van der Waals surface area contributed by atoms with E-state index in [-0.39, 0.29) is 11.9 Å². The van der Waals surface area contributed by atoms with Crippen LogP contribution in [0.4, 0.5) is 0 Å². The Hall–Kier alpha value is -2.09. The molecule has 1 saturated heterocycles. The number of nitrogens with one attached hydrogen (secondary N) is 1. The largest absolute Gasteiger partial charge is 0.454 e. The normalized spacial score (nSPS) is 18.2. The van der Waals surface area contributed by atoms with Crippen LogP contribution in [0, 0.1) is 0 Å². The quantitative estimate of drug-likeness (QED) is 0.772.